The van der Waals surface area contributed by atoms with E-state index in [2.05, 4.69) is 19.8 Å². The molecule has 0 amide bonds. The smallest absolute Gasteiger partial charge is 0.0315 e. The summed E-state index contributed by atoms with van der Waals surface area (Å²) in [7, 11) is 0. The van der Waals surface area contributed by atoms with Gasteiger partial charge in [-0.05, 0) is 25.2 Å². The first-order chi connectivity index (χ1) is 4.18. The Morgan fingerprint density at radius 1 is 1.56 bits per heavy atom. The lowest BCUT2D eigenvalue weighted by Crippen LogP contribution is -2.00. The molecular weight excluding hydrogens is 108 g/mol. The summed E-state index contributed by atoms with van der Waals surface area (Å²) in [6.45, 7) is 4.47. The lowest BCUT2D eigenvalue weighted by molar-refractivity contribution is 0.475. The van der Waals surface area contributed by atoms with Crippen LogP contribution in [0.3, 0.4) is 0 Å². The Kier molecular flexibility index (Phi) is 1.53. The highest BCUT2D eigenvalue weighted by molar-refractivity contribution is 5.14. The molecule has 1 rings (SSSR count). The standard InChI is InChI=1S/C9H14/c1-4-9(5-6-9)7-8(2)3/h1,8H,5-7H2,2-3H3. The van der Waals surface area contributed by atoms with E-state index in [9.17, 15) is 0 Å². The Hall–Kier alpha value is -0.440. The fourth-order valence-corrected chi connectivity index (χ4v) is 1.34. The summed E-state index contributed by atoms with van der Waals surface area (Å²) < 4.78 is 0. The maximum Gasteiger partial charge on any atom is 0.0315 e. The molecule has 0 bridgehead atoms. The minimum absolute atomic E-state index is 0.341. The highest BCUT2D eigenvalue weighted by atomic mass is 14.4. The van der Waals surface area contributed by atoms with Crippen LogP contribution in [0.15, 0.2) is 0 Å². The van der Waals surface area contributed by atoms with Crippen molar-refractivity contribution in [2.75, 3.05) is 0 Å². The van der Waals surface area contributed by atoms with E-state index in [4.69, 9.17) is 6.42 Å². The number of hydrogen-bond acceptors (Lipinski definition) is 0. The molecule has 0 nitrogen and oxygen atoms in total. The average Bonchev–Trinajstić information content (AvgIpc) is 2.48. The van der Waals surface area contributed by atoms with Gasteiger partial charge in [-0.25, -0.2) is 0 Å². The van der Waals surface area contributed by atoms with Crippen molar-refractivity contribution < 1.29 is 0 Å². The minimum Gasteiger partial charge on any atom is -0.120 e. The van der Waals surface area contributed by atoms with E-state index in [0.717, 1.165) is 5.92 Å². The molecule has 1 aliphatic carbocycles. The summed E-state index contributed by atoms with van der Waals surface area (Å²) in [5.74, 6) is 3.65. The lowest BCUT2D eigenvalue weighted by atomic mass is 9.95. The minimum atomic E-state index is 0.341. The molecule has 0 N–H and O–H groups in total. The zero-order valence-electron chi connectivity index (χ0n) is 6.28. The third kappa shape index (κ3) is 1.48. The zero-order chi connectivity index (χ0) is 6.91. The maximum absolute atomic E-state index is 5.37. The Labute approximate surface area is 57.7 Å². The van der Waals surface area contributed by atoms with Crippen LogP contribution in [0.25, 0.3) is 0 Å². The van der Waals surface area contributed by atoms with Crippen LogP contribution in [0.2, 0.25) is 0 Å². The second-order valence-electron chi connectivity index (χ2n) is 3.52. The molecule has 0 atom stereocenters. The fourth-order valence-electron chi connectivity index (χ4n) is 1.34. The fraction of sp³-hybridized carbons (Fsp3) is 0.778. The molecule has 0 aromatic carbocycles. The second kappa shape index (κ2) is 2.06. The number of hydrogen-bond donors (Lipinski definition) is 0. The molecular formula is C9H14. The molecule has 1 saturated carbocycles. The zero-order valence-corrected chi connectivity index (χ0v) is 6.28. The molecule has 0 saturated heterocycles. The third-order valence-electron chi connectivity index (χ3n) is 1.96. The van der Waals surface area contributed by atoms with Crippen molar-refractivity contribution >= 4 is 0 Å². The van der Waals surface area contributed by atoms with E-state index in [-0.39, 0.29) is 0 Å². The summed E-state index contributed by atoms with van der Waals surface area (Å²) in [5, 5.41) is 0. The summed E-state index contributed by atoms with van der Waals surface area (Å²) >= 11 is 0. The molecule has 9 heavy (non-hydrogen) atoms. The average molecular weight is 122 g/mol. The van der Waals surface area contributed by atoms with Crippen molar-refractivity contribution in [2.45, 2.75) is 33.1 Å². The van der Waals surface area contributed by atoms with Gasteiger partial charge in [0.05, 0.1) is 0 Å². The molecule has 0 unspecified atom stereocenters. The summed E-state index contributed by atoms with van der Waals surface area (Å²) in [5.41, 5.74) is 0.341. The van der Waals surface area contributed by atoms with Crippen LogP contribution in [0.5, 0.6) is 0 Å². The van der Waals surface area contributed by atoms with Crippen molar-refractivity contribution in [1.29, 1.82) is 0 Å². The van der Waals surface area contributed by atoms with Gasteiger partial charge in [0.1, 0.15) is 0 Å². The highest BCUT2D eigenvalue weighted by Crippen LogP contribution is 2.49. The number of terminal acetylenes is 1. The molecule has 1 aliphatic rings. The molecule has 0 aromatic rings. The number of rotatable bonds is 2. The normalized spacial score (nSPS) is 21.6. The first-order valence-electron chi connectivity index (χ1n) is 3.66. The van der Waals surface area contributed by atoms with E-state index >= 15 is 0 Å². The molecule has 0 aliphatic heterocycles. The largest absolute Gasteiger partial charge is 0.120 e. The van der Waals surface area contributed by atoms with Gasteiger partial charge in [0.15, 0.2) is 0 Å². The van der Waals surface area contributed by atoms with Gasteiger partial charge in [0, 0.05) is 5.41 Å². The molecule has 0 heterocycles. The van der Waals surface area contributed by atoms with E-state index < -0.39 is 0 Å². The molecule has 0 radical (unpaired) electrons. The molecule has 0 aromatic heterocycles. The van der Waals surface area contributed by atoms with Gasteiger partial charge in [0.25, 0.3) is 0 Å². The molecule has 0 heteroatoms. The van der Waals surface area contributed by atoms with Crippen LogP contribution in [-0.2, 0) is 0 Å². The van der Waals surface area contributed by atoms with Gasteiger partial charge < -0.3 is 0 Å². The first kappa shape index (κ1) is 6.68. The van der Waals surface area contributed by atoms with Gasteiger partial charge in [0.2, 0.25) is 0 Å². The van der Waals surface area contributed by atoms with Crippen molar-refractivity contribution in [3.8, 4) is 12.3 Å². The van der Waals surface area contributed by atoms with E-state index in [0.29, 0.717) is 5.41 Å². The predicted molar refractivity (Wildman–Crippen MR) is 40.0 cm³/mol. The highest BCUT2D eigenvalue weighted by Gasteiger charge is 2.40. The van der Waals surface area contributed by atoms with Gasteiger partial charge >= 0.3 is 0 Å². The van der Waals surface area contributed by atoms with Crippen LogP contribution in [0.1, 0.15) is 33.1 Å². The molecule has 50 valence electrons. The second-order valence-corrected chi connectivity index (χ2v) is 3.52. The van der Waals surface area contributed by atoms with Crippen LogP contribution in [0, 0.1) is 23.7 Å². The Balaban J connectivity index is 2.36. The monoisotopic (exact) mass is 122 g/mol. The third-order valence-corrected chi connectivity index (χ3v) is 1.96. The van der Waals surface area contributed by atoms with Crippen LogP contribution < -0.4 is 0 Å². The Bertz CT molecular complexity index is 133. The van der Waals surface area contributed by atoms with Crippen molar-refractivity contribution in [3.63, 3.8) is 0 Å². The van der Waals surface area contributed by atoms with Gasteiger partial charge in [-0.2, -0.15) is 0 Å². The van der Waals surface area contributed by atoms with Crippen LogP contribution >= 0.6 is 0 Å². The maximum atomic E-state index is 5.37. The lowest BCUT2D eigenvalue weighted by Gasteiger charge is -2.08. The summed E-state index contributed by atoms with van der Waals surface area (Å²) in [6, 6.07) is 0. The van der Waals surface area contributed by atoms with Crippen molar-refractivity contribution in [3.05, 3.63) is 0 Å². The quantitative estimate of drug-likeness (QED) is 0.493. The van der Waals surface area contributed by atoms with E-state index in [1.165, 1.54) is 19.3 Å². The van der Waals surface area contributed by atoms with E-state index in [1.807, 2.05) is 0 Å². The molecule has 1 fully saturated rings. The Morgan fingerprint density at radius 2 is 2.11 bits per heavy atom. The SMILES string of the molecule is C#CC1(CC(C)C)CC1. The Morgan fingerprint density at radius 3 is 2.22 bits per heavy atom. The summed E-state index contributed by atoms with van der Waals surface area (Å²) in [4.78, 5) is 0. The van der Waals surface area contributed by atoms with Crippen molar-refractivity contribution in [1.82, 2.24) is 0 Å². The van der Waals surface area contributed by atoms with Crippen molar-refractivity contribution in [2.24, 2.45) is 11.3 Å². The van der Waals surface area contributed by atoms with E-state index in [1.54, 1.807) is 0 Å². The van der Waals surface area contributed by atoms with Crippen LogP contribution in [-0.4, -0.2) is 0 Å². The van der Waals surface area contributed by atoms with Gasteiger partial charge in [-0.3, -0.25) is 0 Å². The predicted octanol–water partition coefficient (Wildman–Crippen LogP) is 2.45. The first-order valence-corrected chi connectivity index (χ1v) is 3.66. The topological polar surface area (TPSA) is 0 Å². The van der Waals surface area contributed by atoms with Gasteiger partial charge in [-0.15, -0.1) is 6.42 Å². The van der Waals surface area contributed by atoms with Gasteiger partial charge in [-0.1, -0.05) is 19.8 Å². The summed E-state index contributed by atoms with van der Waals surface area (Å²) in [6.07, 6.45) is 9.12. The van der Waals surface area contributed by atoms with Crippen LogP contribution in [0.4, 0.5) is 0 Å². The molecule has 0 spiro atoms.